The van der Waals surface area contributed by atoms with E-state index in [1.54, 1.807) is 42.5 Å². The fraction of sp³-hybridized carbons (Fsp3) is 0.300. The molecule has 0 N–H and O–H groups in total. The highest BCUT2D eigenvalue weighted by molar-refractivity contribution is 8.16. The Kier molecular flexibility index (Phi) is 6.03. The number of ether oxygens (including phenoxy) is 1. The van der Waals surface area contributed by atoms with E-state index in [-0.39, 0.29) is 35.1 Å². The molecule has 0 aromatic heterocycles. The SMILES string of the molecule is COc1ccc(N2C(=NC(=O)Cc3ccc(Cl)cc3)S[C@@H]3CS(=O)(=O)C[C@H]32)cc1Cl. The maximum absolute atomic E-state index is 12.6. The number of nitrogens with zero attached hydrogens (tertiary/aromatic N) is 2. The van der Waals surface area contributed by atoms with E-state index in [1.807, 2.05) is 4.90 Å². The predicted octanol–water partition coefficient (Wildman–Crippen LogP) is 3.85. The summed E-state index contributed by atoms with van der Waals surface area (Å²) < 4.78 is 29.6. The number of amides is 1. The zero-order chi connectivity index (χ0) is 21.5. The number of carbonyl (C=O) groups excluding carboxylic acids is 1. The van der Waals surface area contributed by atoms with Gasteiger partial charge in [0, 0.05) is 16.0 Å². The molecular weight excluding hydrogens is 467 g/mol. The molecule has 6 nitrogen and oxygen atoms in total. The van der Waals surface area contributed by atoms with E-state index in [2.05, 4.69) is 4.99 Å². The molecule has 2 fully saturated rings. The molecule has 10 heteroatoms. The average molecular weight is 485 g/mol. The van der Waals surface area contributed by atoms with Crippen molar-refractivity contribution >= 4 is 61.6 Å². The normalized spacial score (nSPS) is 23.6. The summed E-state index contributed by atoms with van der Waals surface area (Å²) in [7, 11) is -1.62. The van der Waals surface area contributed by atoms with Gasteiger partial charge in [0.2, 0.25) is 0 Å². The number of carbonyl (C=O) groups is 1. The number of rotatable bonds is 4. The molecule has 30 heavy (non-hydrogen) atoms. The first-order chi connectivity index (χ1) is 14.3. The molecule has 158 valence electrons. The smallest absolute Gasteiger partial charge is 0.252 e. The van der Waals surface area contributed by atoms with E-state index in [9.17, 15) is 13.2 Å². The maximum Gasteiger partial charge on any atom is 0.252 e. The Bertz CT molecular complexity index is 1120. The molecule has 2 aromatic rings. The lowest BCUT2D eigenvalue weighted by Crippen LogP contribution is -2.37. The lowest BCUT2D eigenvalue weighted by Gasteiger charge is -2.25. The van der Waals surface area contributed by atoms with Gasteiger partial charge in [0.15, 0.2) is 15.0 Å². The number of sulfone groups is 1. The van der Waals surface area contributed by atoms with Crippen molar-refractivity contribution in [1.82, 2.24) is 0 Å². The second-order valence-corrected chi connectivity index (χ2v) is 11.3. The first-order valence-corrected chi connectivity index (χ1v) is 12.6. The van der Waals surface area contributed by atoms with Gasteiger partial charge in [0.05, 0.1) is 36.1 Å². The summed E-state index contributed by atoms with van der Waals surface area (Å²) in [6.45, 7) is 0. The predicted molar refractivity (Wildman–Crippen MR) is 122 cm³/mol. The molecule has 2 heterocycles. The van der Waals surface area contributed by atoms with Gasteiger partial charge >= 0.3 is 0 Å². The third-order valence-electron chi connectivity index (χ3n) is 4.97. The monoisotopic (exact) mass is 484 g/mol. The third-order valence-corrected chi connectivity index (χ3v) is 8.73. The fourth-order valence-corrected chi connectivity index (χ4v) is 7.90. The zero-order valence-electron chi connectivity index (χ0n) is 15.9. The molecule has 0 bridgehead atoms. The van der Waals surface area contributed by atoms with E-state index >= 15 is 0 Å². The van der Waals surface area contributed by atoms with Gasteiger partial charge in [0.25, 0.3) is 5.91 Å². The van der Waals surface area contributed by atoms with Crippen LogP contribution in [0.1, 0.15) is 5.56 Å². The molecule has 2 saturated heterocycles. The van der Waals surface area contributed by atoms with Crippen LogP contribution in [-0.4, -0.2) is 49.4 Å². The lowest BCUT2D eigenvalue weighted by molar-refractivity contribution is -0.117. The number of aliphatic imine (C=N–C) groups is 1. The van der Waals surface area contributed by atoms with Crippen molar-refractivity contribution < 1.29 is 17.9 Å². The molecule has 0 aliphatic carbocycles. The van der Waals surface area contributed by atoms with Crippen LogP contribution in [0.4, 0.5) is 5.69 Å². The molecule has 4 rings (SSSR count). The van der Waals surface area contributed by atoms with E-state index in [4.69, 9.17) is 27.9 Å². The molecule has 2 atom stereocenters. The Morgan fingerprint density at radius 3 is 2.60 bits per heavy atom. The van der Waals surface area contributed by atoms with Gasteiger partial charge < -0.3 is 9.64 Å². The minimum Gasteiger partial charge on any atom is -0.495 e. The Balaban J connectivity index is 1.65. The number of hydrogen-bond acceptors (Lipinski definition) is 5. The topological polar surface area (TPSA) is 76.0 Å². The molecule has 1 amide bonds. The number of hydrogen-bond donors (Lipinski definition) is 0. The van der Waals surface area contributed by atoms with Crippen LogP contribution in [0.5, 0.6) is 5.75 Å². The first-order valence-electron chi connectivity index (χ1n) is 9.11. The molecule has 2 aliphatic heterocycles. The van der Waals surface area contributed by atoms with Crippen LogP contribution in [0, 0.1) is 0 Å². The maximum atomic E-state index is 12.6. The van der Waals surface area contributed by atoms with Crippen LogP contribution >= 0.6 is 35.0 Å². The second kappa shape index (κ2) is 8.42. The summed E-state index contributed by atoms with van der Waals surface area (Å²) in [5.41, 5.74) is 1.48. The summed E-state index contributed by atoms with van der Waals surface area (Å²) in [6.07, 6.45) is 0.131. The number of methoxy groups -OCH3 is 1. The summed E-state index contributed by atoms with van der Waals surface area (Å²) in [5.74, 6) is 0.277. The van der Waals surface area contributed by atoms with Crippen molar-refractivity contribution in [1.29, 1.82) is 0 Å². The molecule has 2 aromatic carbocycles. The van der Waals surface area contributed by atoms with E-state index in [1.165, 1.54) is 18.9 Å². The van der Waals surface area contributed by atoms with E-state index in [0.29, 0.717) is 26.6 Å². The summed E-state index contributed by atoms with van der Waals surface area (Å²) in [4.78, 5) is 18.7. The second-order valence-electron chi connectivity index (χ2n) is 7.08. The average Bonchev–Trinajstić information content (AvgIpc) is 3.14. The largest absolute Gasteiger partial charge is 0.495 e. The number of thioether (sulfide) groups is 1. The Hall–Kier alpha value is -1.74. The minimum absolute atomic E-state index is 0.0126. The highest BCUT2D eigenvalue weighted by Gasteiger charge is 2.49. The molecule has 2 aliphatic rings. The van der Waals surface area contributed by atoms with Crippen LogP contribution in [-0.2, 0) is 21.1 Å². The van der Waals surface area contributed by atoms with Crippen molar-refractivity contribution in [3.63, 3.8) is 0 Å². The van der Waals surface area contributed by atoms with Gasteiger partial charge in [-0.2, -0.15) is 4.99 Å². The summed E-state index contributed by atoms with van der Waals surface area (Å²) in [5, 5.41) is 1.30. The van der Waals surface area contributed by atoms with Crippen molar-refractivity contribution in [2.45, 2.75) is 17.7 Å². The molecular formula is C20H18Cl2N2O4S2. The number of halogens is 2. The van der Waals surface area contributed by atoms with E-state index < -0.39 is 9.84 Å². The first kappa shape index (κ1) is 21.5. The van der Waals surface area contributed by atoms with Crippen LogP contribution in [0.2, 0.25) is 10.0 Å². The molecule has 0 radical (unpaired) electrons. The Morgan fingerprint density at radius 2 is 1.93 bits per heavy atom. The van der Waals surface area contributed by atoms with Crippen LogP contribution in [0.3, 0.4) is 0 Å². The van der Waals surface area contributed by atoms with Crippen molar-refractivity contribution in [3.05, 3.63) is 58.1 Å². The minimum atomic E-state index is -3.15. The van der Waals surface area contributed by atoms with Gasteiger partial charge in [-0.25, -0.2) is 8.42 Å². The number of anilines is 1. The lowest BCUT2D eigenvalue weighted by atomic mass is 10.1. The number of benzene rings is 2. The highest BCUT2D eigenvalue weighted by Crippen LogP contribution is 2.42. The third kappa shape index (κ3) is 4.46. The van der Waals surface area contributed by atoms with Crippen LogP contribution in [0.25, 0.3) is 0 Å². The van der Waals surface area contributed by atoms with Gasteiger partial charge in [-0.1, -0.05) is 47.1 Å². The van der Waals surface area contributed by atoms with E-state index in [0.717, 1.165) is 5.56 Å². The number of amidine groups is 1. The van der Waals surface area contributed by atoms with Crippen LogP contribution in [0.15, 0.2) is 47.5 Å². The molecule has 0 unspecified atom stereocenters. The van der Waals surface area contributed by atoms with Gasteiger partial charge in [0.1, 0.15) is 5.75 Å². The van der Waals surface area contributed by atoms with Crippen molar-refractivity contribution in [3.8, 4) is 5.75 Å². The summed E-state index contributed by atoms with van der Waals surface area (Å²) in [6, 6.07) is 11.9. The van der Waals surface area contributed by atoms with Gasteiger partial charge in [-0.3, -0.25) is 4.79 Å². The van der Waals surface area contributed by atoms with Gasteiger partial charge in [-0.05, 0) is 35.9 Å². The standard InChI is InChI=1S/C20H18Cl2N2O4S2/c1-28-17-7-6-14(9-15(17)22)24-16-10-30(26,27)11-18(16)29-20(24)23-19(25)8-12-2-4-13(21)5-3-12/h2-7,9,16,18H,8,10-11H2,1H3/t16-,18-/m1/s1. The fourth-order valence-electron chi connectivity index (χ4n) is 3.59. The van der Waals surface area contributed by atoms with Crippen LogP contribution < -0.4 is 9.64 Å². The quantitative estimate of drug-likeness (QED) is 0.655. The van der Waals surface area contributed by atoms with Gasteiger partial charge in [-0.15, -0.1) is 0 Å². The Morgan fingerprint density at radius 1 is 1.20 bits per heavy atom. The van der Waals surface area contributed by atoms with Crippen molar-refractivity contribution in [2.24, 2.45) is 4.99 Å². The highest BCUT2D eigenvalue weighted by atomic mass is 35.5. The number of fused-ring (bicyclic) bond motifs is 1. The van der Waals surface area contributed by atoms with Crippen molar-refractivity contribution in [2.75, 3.05) is 23.5 Å². The Labute approximate surface area is 189 Å². The molecule has 0 spiro atoms. The summed E-state index contributed by atoms with van der Waals surface area (Å²) >= 11 is 13.5. The zero-order valence-corrected chi connectivity index (χ0v) is 19.1. The molecule has 0 saturated carbocycles.